The average Bonchev–Trinajstić information content (AvgIpc) is 1.99. The van der Waals surface area contributed by atoms with E-state index in [9.17, 15) is 9.59 Å². The fourth-order valence-electron chi connectivity index (χ4n) is 0.428. The number of carboxylic acids is 1. The normalized spacial score (nSPS) is 13.1. The Hall–Kier alpha value is -0.390. The van der Waals surface area contributed by atoms with Crippen molar-refractivity contribution in [2.45, 2.75) is 16.8 Å². The lowest BCUT2D eigenvalue weighted by Gasteiger charge is -2.13. The maximum Gasteiger partial charge on any atom is 0.407 e. The summed E-state index contributed by atoms with van der Waals surface area (Å²) in [6.45, 7) is 0.828. The summed E-state index contributed by atoms with van der Waals surface area (Å²) >= 11 is 15.9. The summed E-state index contributed by atoms with van der Waals surface area (Å²) in [5.41, 5.74) is 0. The van der Waals surface area contributed by atoms with Crippen LogP contribution in [0.25, 0.3) is 0 Å². The SMILES string of the molecule is CC(NC(=O)OCC(Cl)(Cl)Cl)C(=O)O. The number of carboxylic acid groups (broad SMARTS) is 1. The van der Waals surface area contributed by atoms with Gasteiger partial charge in [-0.1, -0.05) is 34.8 Å². The van der Waals surface area contributed by atoms with Gasteiger partial charge in [-0.15, -0.1) is 0 Å². The predicted octanol–water partition coefficient (Wildman–Crippen LogP) is 1.56. The van der Waals surface area contributed by atoms with E-state index >= 15 is 0 Å². The molecule has 14 heavy (non-hydrogen) atoms. The molecule has 0 heterocycles. The molecule has 5 nitrogen and oxygen atoms in total. The smallest absolute Gasteiger partial charge is 0.407 e. The zero-order valence-corrected chi connectivity index (χ0v) is 9.36. The van der Waals surface area contributed by atoms with Gasteiger partial charge < -0.3 is 15.2 Å². The van der Waals surface area contributed by atoms with Crippen LogP contribution >= 0.6 is 34.8 Å². The summed E-state index contributed by atoms with van der Waals surface area (Å²) < 4.78 is 2.71. The van der Waals surface area contributed by atoms with E-state index in [0.717, 1.165) is 0 Å². The number of aliphatic carboxylic acids is 1. The van der Waals surface area contributed by atoms with Gasteiger partial charge in [-0.25, -0.2) is 4.79 Å². The number of hydrogen-bond donors (Lipinski definition) is 2. The number of hydrogen-bond acceptors (Lipinski definition) is 3. The molecule has 0 aromatic heterocycles. The highest BCUT2D eigenvalue weighted by molar-refractivity contribution is 6.67. The molecule has 0 aliphatic heterocycles. The maximum atomic E-state index is 10.8. The maximum absolute atomic E-state index is 10.8. The summed E-state index contributed by atoms with van der Waals surface area (Å²) in [6.07, 6.45) is -0.953. The Labute approximate surface area is 95.3 Å². The lowest BCUT2D eigenvalue weighted by molar-refractivity contribution is -0.138. The monoisotopic (exact) mass is 263 g/mol. The molecular formula is C6H8Cl3NO4. The molecule has 1 atom stereocenters. The highest BCUT2D eigenvalue weighted by Gasteiger charge is 2.23. The van der Waals surface area contributed by atoms with Crippen molar-refractivity contribution in [2.24, 2.45) is 0 Å². The molecule has 0 fully saturated rings. The van der Waals surface area contributed by atoms with Crippen molar-refractivity contribution in [1.29, 1.82) is 0 Å². The molecule has 8 heteroatoms. The molecule has 0 spiro atoms. The van der Waals surface area contributed by atoms with Crippen LogP contribution in [-0.2, 0) is 9.53 Å². The van der Waals surface area contributed by atoms with Crippen LogP contribution in [0.4, 0.5) is 4.79 Å². The van der Waals surface area contributed by atoms with Crippen LogP contribution in [0.5, 0.6) is 0 Å². The molecule has 1 amide bonds. The van der Waals surface area contributed by atoms with E-state index in [4.69, 9.17) is 39.9 Å². The highest BCUT2D eigenvalue weighted by atomic mass is 35.6. The van der Waals surface area contributed by atoms with Crippen LogP contribution < -0.4 is 5.32 Å². The van der Waals surface area contributed by atoms with Gasteiger partial charge in [-0.2, -0.15) is 0 Å². The fraction of sp³-hybridized carbons (Fsp3) is 0.667. The number of alkyl carbamates (subject to hydrolysis) is 1. The van der Waals surface area contributed by atoms with Gasteiger partial charge in [0.25, 0.3) is 0 Å². The Morgan fingerprint density at radius 1 is 1.50 bits per heavy atom. The molecule has 0 aromatic rings. The largest absolute Gasteiger partial charge is 0.480 e. The quantitative estimate of drug-likeness (QED) is 0.759. The second-order valence-corrected chi connectivity index (χ2v) is 4.91. The van der Waals surface area contributed by atoms with E-state index in [-0.39, 0.29) is 0 Å². The third-order valence-electron chi connectivity index (χ3n) is 1.07. The third-order valence-corrected chi connectivity index (χ3v) is 1.40. The van der Waals surface area contributed by atoms with Crippen LogP contribution in [0.1, 0.15) is 6.92 Å². The Balaban J connectivity index is 3.83. The lowest BCUT2D eigenvalue weighted by Crippen LogP contribution is -2.39. The first-order valence-electron chi connectivity index (χ1n) is 3.45. The number of carbonyl (C=O) groups excluding carboxylic acids is 1. The number of carbonyl (C=O) groups is 2. The van der Waals surface area contributed by atoms with Gasteiger partial charge in [-0.05, 0) is 6.92 Å². The van der Waals surface area contributed by atoms with Gasteiger partial charge >= 0.3 is 12.1 Å². The first kappa shape index (κ1) is 13.6. The van der Waals surface area contributed by atoms with Crippen molar-refractivity contribution >= 4 is 46.9 Å². The molecule has 0 aromatic carbocycles. The molecule has 0 saturated carbocycles. The molecule has 1 unspecified atom stereocenters. The van der Waals surface area contributed by atoms with Crippen LogP contribution in [0.15, 0.2) is 0 Å². The lowest BCUT2D eigenvalue weighted by atomic mass is 10.4. The summed E-state index contributed by atoms with van der Waals surface area (Å²) in [4.78, 5) is 21.1. The second kappa shape index (κ2) is 5.48. The number of rotatable bonds is 3. The van der Waals surface area contributed by atoms with Gasteiger partial charge in [0.2, 0.25) is 3.79 Å². The summed E-state index contributed by atoms with van der Waals surface area (Å²) in [5, 5.41) is 10.4. The number of amides is 1. The van der Waals surface area contributed by atoms with E-state index in [1.54, 1.807) is 0 Å². The number of halogens is 3. The first-order valence-corrected chi connectivity index (χ1v) is 4.58. The zero-order chi connectivity index (χ0) is 11.4. The molecule has 0 radical (unpaired) electrons. The van der Waals surface area contributed by atoms with E-state index < -0.39 is 28.5 Å². The molecular weight excluding hydrogens is 256 g/mol. The second-order valence-electron chi connectivity index (χ2n) is 2.40. The van der Waals surface area contributed by atoms with Crippen LogP contribution in [0.2, 0.25) is 0 Å². The van der Waals surface area contributed by atoms with Gasteiger partial charge in [0.1, 0.15) is 12.6 Å². The van der Waals surface area contributed by atoms with Crippen molar-refractivity contribution in [3.05, 3.63) is 0 Å². The topological polar surface area (TPSA) is 75.6 Å². The zero-order valence-electron chi connectivity index (χ0n) is 7.09. The fourth-order valence-corrected chi connectivity index (χ4v) is 0.591. The van der Waals surface area contributed by atoms with Crippen molar-refractivity contribution < 1.29 is 19.4 Å². The minimum Gasteiger partial charge on any atom is -0.480 e. The van der Waals surface area contributed by atoms with Crippen LogP contribution in [0.3, 0.4) is 0 Å². The molecule has 0 aliphatic carbocycles. The first-order chi connectivity index (χ1) is 6.22. The molecule has 0 aliphatic rings. The number of alkyl halides is 3. The summed E-state index contributed by atoms with van der Waals surface area (Å²) in [5.74, 6) is -1.18. The van der Waals surface area contributed by atoms with Crippen LogP contribution in [0, 0.1) is 0 Å². The highest BCUT2D eigenvalue weighted by Crippen LogP contribution is 2.25. The Kier molecular flexibility index (Phi) is 5.33. The number of nitrogens with one attached hydrogen (secondary N) is 1. The molecule has 0 bridgehead atoms. The van der Waals surface area contributed by atoms with Crippen molar-refractivity contribution in [2.75, 3.05) is 6.61 Å². The van der Waals surface area contributed by atoms with E-state index in [1.807, 2.05) is 5.32 Å². The van der Waals surface area contributed by atoms with Crippen molar-refractivity contribution in [3.8, 4) is 0 Å². The van der Waals surface area contributed by atoms with E-state index in [1.165, 1.54) is 6.92 Å². The number of ether oxygens (including phenoxy) is 1. The molecule has 2 N–H and O–H groups in total. The van der Waals surface area contributed by atoms with Gasteiger partial charge in [0.15, 0.2) is 0 Å². The molecule has 0 rings (SSSR count). The Bertz CT molecular complexity index is 228. The van der Waals surface area contributed by atoms with Crippen molar-refractivity contribution in [3.63, 3.8) is 0 Å². The van der Waals surface area contributed by atoms with E-state index in [0.29, 0.717) is 0 Å². The molecule has 82 valence electrons. The van der Waals surface area contributed by atoms with E-state index in [2.05, 4.69) is 4.74 Å². The minimum atomic E-state index is -1.70. The minimum absolute atomic E-state index is 0.449. The Morgan fingerprint density at radius 2 is 2.00 bits per heavy atom. The summed E-state index contributed by atoms with van der Waals surface area (Å²) in [6, 6.07) is -1.06. The molecule has 0 saturated heterocycles. The van der Waals surface area contributed by atoms with Gasteiger partial charge in [0, 0.05) is 0 Å². The van der Waals surface area contributed by atoms with Crippen LogP contribution in [-0.4, -0.2) is 33.6 Å². The van der Waals surface area contributed by atoms with Gasteiger partial charge in [0.05, 0.1) is 0 Å². The van der Waals surface area contributed by atoms with Gasteiger partial charge in [-0.3, -0.25) is 4.79 Å². The summed E-state index contributed by atoms with van der Waals surface area (Å²) in [7, 11) is 0. The average molecular weight is 264 g/mol. The standard InChI is InChI=1S/C6H8Cl3NO4/c1-3(4(11)12)10-5(13)14-2-6(7,8)9/h3H,2H2,1H3,(H,10,13)(H,11,12). The Morgan fingerprint density at radius 3 is 2.36 bits per heavy atom. The van der Waals surface area contributed by atoms with Crippen molar-refractivity contribution in [1.82, 2.24) is 5.32 Å². The predicted molar refractivity (Wildman–Crippen MR) is 51.9 cm³/mol. The third kappa shape index (κ3) is 7.06.